The molecule has 1 saturated heterocycles. The molecular weight excluding hydrogens is 286 g/mol. The summed E-state index contributed by atoms with van der Waals surface area (Å²) in [5.41, 5.74) is 2.02. The van der Waals surface area contributed by atoms with E-state index in [2.05, 4.69) is 4.72 Å². The van der Waals surface area contributed by atoms with E-state index >= 15 is 0 Å². The molecule has 0 aromatic heterocycles. The van der Waals surface area contributed by atoms with Gasteiger partial charge in [-0.1, -0.05) is 17.7 Å². The molecule has 1 aromatic rings. The monoisotopic (exact) mass is 309 g/mol. The van der Waals surface area contributed by atoms with Crippen LogP contribution in [0.2, 0.25) is 0 Å². The van der Waals surface area contributed by atoms with Crippen LogP contribution in [0.3, 0.4) is 0 Å². The van der Waals surface area contributed by atoms with E-state index in [0.717, 1.165) is 50.0 Å². The number of aryl methyl sites for hydroxylation is 2. The van der Waals surface area contributed by atoms with Crippen molar-refractivity contribution in [3.8, 4) is 0 Å². The van der Waals surface area contributed by atoms with Gasteiger partial charge in [-0.2, -0.15) is 0 Å². The average molecular weight is 309 g/mol. The molecule has 21 heavy (non-hydrogen) atoms. The van der Waals surface area contributed by atoms with Gasteiger partial charge in [0.15, 0.2) is 0 Å². The summed E-state index contributed by atoms with van der Waals surface area (Å²) in [4.78, 5) is 0.405. The third-order valence-electron chi connectivity index (χ3n) is 5.08. The topological polar surface area (TPSA) is 55.4 Å². The molecule has 1 N–H and O–H groups in total. The van der Waals surface area contributed by atoms with Gasteiger partial charge >= 0.3 is 0 Å². The van der Waals surface area contributed by atoms with Crippen LogP contribution in [0.4, 0.5) is 0 Å². The lowest BCUT2D eigenvalue weighted by Gasteiger charge is -2.51. The van der Waals surface area contributed by atoms with Crippen molar-refractivity contribution in [1.29, 1.82) is 0 Å². The summed E-state index contributed by atoms with van der Waals surface area (Å²) in [5.74, 6) is 0. The Bertz CT molecular complexity index is 633. The van der Waals surface area contributed by atoms with Crippen LogP contribution in [0.15, 0.2) is 23.1 Å². The SMILES string of the molecule is Cc1ccc(S(=O)(=O)NC2CCC23CCOCC3)c(C)c1. The first kappa shape index (κ1) is 15.0. The van der Waals surface area contributed by atoms with Gasteiger partial charge in [0.25, 0.3) is 0 Å². The van der Waals surface area contributed by atoms with Gasteiger partial charge in [-0.15, -0.1) is 0 Å². The summed E-state index contributed by atoms with van der Waals surface area (Å²) >= 11 is 0. The molecule has 1 heterocycles. The molecule has 1 spiro atoms. The predicted octanol–water partition coefficient (Wildman–Crippen LogP) is 2.54. The van der Waals surface area contributed by atoms with Crippen LogP contribution in [0, 0.1) is 19.3 Å². The highest BCUT2D eigenvalue weighted by molar-refractivity contribution is 7.89. The summed E-state index contributed by atoms with van der Waals surface area (Å²) in [5, 5.41) is 0. The maximum atomic E-state index is 12.7. The van der Waals surface area contributed by atoms with Gasteiger partial charge in [-0.25, -0.2) is 13.1 Å². The molecule has 4 nitrogen and oxygen atoms in total. The molecule has 1 aliphatic heterocycles. The standard InChI is InChI=1S/C16H23NO3S/c1-12-3-4-14(13(2)11-12)21(18,19)17-15-5-6-16(15)7-9-20-10-8-16/h3-4,11,15,17H,5-10H2,1-2H3. The van der Waals surface area contributed by atoms with Crippen LogP contribution < -0.4 is 4.72 Å². The highest BCUT2D eigenvalue weighted by Gasteiger charge is 2.48. The Hall–Kier alpha value is -0.910. The van der Waals surface area contributed by atoms with Crippen molar-refractivity contribution in [1.82, 2.24) is 4.72 Å². The van der Waals surface area contributed by atoms with E-state index in [4.69, 9.17) is 4.74 Å². The molecule has 1 aliphatic carbocycles. The predicted molar refractivity (Wildman–Crippen MR) is 81.7 cm³/mol. The van der Waals surface area contributed by atoms with E-state index in [1.54, 1.807) is 6.07 Å². The zero-order chi connectivity index (χ0) is 15.1. The normalized spacial score (nSPS) is 24.8. The fourth-order valence-corrected chi connectivity index (χ4v) is 5.21. The number of ether oxygens (including phenoxy) is 1. The fraction of sp³-hybridized carbons (Fsp3) is 0.625. The Morgan fingerprint density at radius 3 is 2.48 bits per heavy atom. The number of rotatable bonds is 3. The van der Waals surface area contributed by atoms with Gasteiger partial charge in [0.1, 0.15) is 0 Å². The maximum absolute atomic E-state index is 12.7. The van der Waals surface area contributed by atoms with Crippen LogP contribution in [-0.2, 0) is 14.8 Å². The fourth-order valence-electron chi connectivity index (χ4n) is 3.61. The third-order valence-corrected chi connectivity index (χ3v) is 6.71. The Balaban J connectivity index is 1.80. The maximum Gasteiger partial charge on any atom is 0.241 e. The zero-order valence-corrected chi connectivity index (χ0v) is 13.5. The zero-order valence-electron chi connectivity index (χ0n) is 12.7. The Morgan fingerprint density at radius 2 is 1.90 bits per heavy atom. The summed E-state index contributed by atoms with van der Waals surface area (Å²) in [6, 6.07) is 5.54. The first-order valence-electron chi connectivity index (χ1n) is 7.60. The van der Waals surface area contributed by atoms with Crippen LogP contribution in [0.5, 0.6) is 0 Å². The van der Waals surface area contributed by atoms with Crippen molar-refractivity contribution >= 4 is 10.0 Å². The van der Waals surface area contributed by atoms with E-state index < -0.39 is 10.0 Å². The lowest BCUT2D eigenvalue weighted by Crippen LogP contribution is -2.57. The van der Waals surface area contributed by atoms with Gasteiger partial charge in [0.05, 0.1) is 4.90 Å². The van der Waals surface area contributed by atoms with Gasteiger partial charge in [-0.3, -0.25) is 0 Å². The number of benzene rings is 1. The molecule has 1 unspecified atom stereocenters. The van der Waals surface area contributed by atoms with Crippen LogP contribution >= 0.6 is 0 Å². The van der Waals surface area contributed by atoms with E-state index in [0.29, 0.717) is 4.90 Å². The second kappa shape index (κ2) is 5.38. The average Bonchev–Trinajstić information content (AvgIpc) is 2.44. The molecule has 116 valence electrons. The molecule has 2 fully saturated rings. The van der Waals surface area contributed by atoms with E-state index in [9.17, 15) is 8.42 Å². The smallest absolute Gasteiger partial charge is 0.241 e. The van der Waals surface area contributed by atoms with Crippen molar-refractivity contribution in [2.45, 2.75) is 50.5 Å². The molecule has 2 aliphatic rings. The quantitative estimate of drug-likeness (QED) is 0.933. The van der Waals surface area contributed by atoms with Gasteiger partial charge < -0.3 is 4.74 Å². The lowest BCUT2D eigenvalue weighted by molar-refractivity contribution is -0.0483. The lowest BCUT2D eigenvalue weighted by atomic mass is 9.60. The minimum absolute atomic E-state index is 0.0621. The van der Waals surface area contributed by atoms with Gasteiger partial charge in [0.2, 0.25) is 10.0 Å². The van der Waals surface area contributed by atoms with Gasteiger partial charge in [0, 0.05) is 19.3 Å². The highest BCUT2D eigenvalue weighted by Crippen LogP contribution is 2.49. The molecule has 0 bridgehead atoms. The summed E-state index contributed by atoms with van der Waals surface area (Å²) in [7, 11) is -3.43. The second-order valence-corrected chi connectivity index (χ2v) is 8.14. The molecular formula is C16H23NO3S. The minimum atomic E-state index is -3.43. The largest absolute Gasteiger partial charge is 0.381 e. The first-order valence-corrected chi connectivity index (χ1v) is 9.09. The Morgan fingerprint density at radius 1 is 1.19 bits per heavy atom. The number of nitrogens with one attached hydrogen (secondary N) is 1. The van der Waals surface area contributed by atoms with Crippen molar-refractivity contribution in [3.63, 3.8) is 0 Å². The minimum Gasteiger partial charge on any atom is -0.381 e. The third kappa shape index (κ3) is 2.74. The number of hydrogen-bond donors (Lipinski definition) is 1. The van der Waals surface area contributed by atoms with Crippen LogP contribution in [0.1, 0.15) is 36.8 Å². The summed E-state index contributed by atoms with van der Waals surface area (Å²) in [6.45, 7) is 5.33. The Labute approximate surface area is 126 Å². The van der Waals surface area contributed by atoms with E-state index in [1.807, 2.05) is 26.0 Å². The van der Waals surface area contributed by atoms with Crippen molar-refractivity contribution in [2.24, 2.45) is 5.41 Å². The number of hydrogen-bond acceptors (Lipinski definition) is 3. The van der Waals surface area contributed by atoms with Crippen molar-refractivity contribution in [2.75, 3.05) is 13.2 Å². The van der Waals surface area contributed by atoms with Crippen LogP contribution in [-0.4, -0.2) is 27.7 Å². The number of sulfonamides is 1. The molecule has 0 radical (unpaired) electrons. The van der Waals surface area contributed by atoms with Gasteiger partial charge in [-0.05, 0) is 56.6 Å². The highest BCUT2D eigenvalue weighted by atomic mass is 32.2. The molecule has 1 atom stereocenters. The van der Waals surface area contributed by atoms with E-state index in [-0.39, 0.29) is 11.5 Å². The summed E-state index contributed by atoms with van der Waals surface area (Å²) in [6.07, 6.45) is 3.97. The molecule has 5 heteroatoms. The van der Waals surface area contributed by atoms with Crippen LogP contribution in [0.25, 0.3) is 0 Å². The van der Waals surface area contributed by atoms with Crippen molar-refractivity contribution < 1.29 is 13.2 Å². The van der Waals surface area contributed by atoms with Crippen molar-refractivity contribution in [3.05, 3.63) is 29.3 Å². The summed E-state index contributed by atoms with van der Waals surface area (Å²) < 4.78 is 33.7. The molecule has 0 amide bonds. The molecule has 1 aromatic carbocycles. The molecule has 3 rings (SSSR count). The Kier molecular flexibility index (Phi) is 3.84. The van der Waals surface area contributed by atoms with E-state index in [1.165, 1.54) is 0 Å². The molecule has 1 saturated carbocycles. The second-order valence-electron chi connectivity index (χ2n) is 6.46. The first-order chi connectivity index (χ1) is 9.93.